The van der Waals surface area contributed by atoms with E-state index in [1.54, 1.807) is 0 Å². The number of aromatic nitrogens is 1. The minimum absolute atomic E-state index is 0.326. The Morgan fingerprint density at radius 3 is 2.47 bits per heavy atom. The average Bonchev–Trinajstić information content (AvgIpc) is 3.20. The van der Waals surface area contributed by atoms with Gasteiger partial charge in [0.2, 0.25) is 0 Å². The SMILES string of the molecule is C=C(/C=C\c1[nH]ccc1C)/C(N=C(N)c1ccccc1)=C(/C(=C)C)C(CCC)C(=O)OC. The Balaban J connectivity index is 2.69. The van der Waals surface area contributed by atoms with Crippen molar-refractivity contribution in [3.63, 3.8) is 0 Å². The van der Waals surface area contributed by atoms with Crippen LogP contribution in [0, 0.1) is 12.8 Å². The zero-order valence-electron chi connectivity index (χ0n) is 19.4. The zero-order valence-corrected chi connectivity index (χ0v) is 19.4. The molecule has 0 fully saturated rings. The number of aromatic amines is 1. The molecule has 0 radical (unpaired) electrons. The van der Waals surface area contributed by atoms with Crippen LogP contribution in [0.5, 0.6) is 0 Å². The summed E-state index contributed by atoms with van der Waals surface area (Å²) < 4.78 is 5.10. The molecule has 1 heterocycles. The highest BCUT2D eigenvalue weighted by atomic mass is 16.5. The molecule has 3 N–H and O–H groups in total. The van der Waals surface area contributed by atoms with E-state index in [0.717, 1.165) is 28.8 Å². The van der Waals surface area contributed by atoms with Crippen LogP contribution in [0.1, 0.15) is 43.5 Å². The number of nitrogens with zero attached hydrogens (tertiary/aromatic N) is 1. The van der Waals surface area contributed by atoms with E-state index in [9.17, 15) is 4.79 Å². The molecule has 0 amide bonds. The summed E-state index contributed by atoms with van der Waals surface area (Å²) in [4.78, 5) is 20.6. The van der Waals surface area contributed by atoms with Crippen molar-refractivity contribution in [1.29, 1.82) is 0 Å². The number of hydrogen-bond donors (Lipinski definition) is 2. The molecule has 0 bridgehead atoms. The van der Waals surface area contributed by atoms with Crippen molar-refractivity contribution in [3.05, 3.63) is 101 Å². The number of H-pyrrole nitrogens is 1. The van der Waals surface area contributed by atoms with Gasteiger partial charge in [-0.3, -0.25) is 4.79 Å². The van der Waals surface area contributed by atoms with Crippen molar-refractivity contribution in [3.8, 4) is 0 Å². The van der Waals surface area contributed by atoms with Crippen LogP contribution in [-0.4, -0.2) is 23.9 Å². The minimum atomic E-state index is -0.512. The van der Waals surface area contributed by atoms with E-state index < -0.39 is 5.92 Å². The van der Waals surface area contributed by atoms with Gasteiger partial charge in [-0.15, -0.1) is 0 Å². The maximum atomic E-state index is 12.7. The summed E-state index contributed by atoms with van der Waals surface area (Å²) in [5.74, 6) is -0.500. The molecule has 32 heavy (non-hydrogen) atoms. The molecule has 2 rings (SSSR count). The summed E-state index contributed by atoms with van der Waals surface area (Å²) >= 11 is 0. The fraction of sp³-hybridized carbons (Fsp3) is 0.259. The van der Waals surface area contributed by atoms with Crippen LogP contribution in [-0.2, 0) is 9.53 Å². The molecular formula is C27H33N3O2. The van der Waals surface area contributed by atoms with E-state index >= 15 is 0 Å². The summed E-state index contributed by atoms with van der Waals surface area (Å²) in [5, 5.41) is 0. The van der Waals surface area contributed by atoms with Crippen molar-refractivity contribution in [1.82, 2.24) is 4.98 Å². The number of ether oxygens (including phenoxy) is 1. The Kier molecular flexibility index (Phi) is 9.02. The number of esters is 1. The van der Waals surface area contributed by atoms with Gasteiger partial charge in [-0.2, -0.15) is 0 Å². The lowest BCUT2D eigenvalue weighted by atomic mass is 9.86. The van der Waals surface area contributed by atoms with Gasteiger partial charge in [-0.25, -0.2) is 4.99 Å². The van der Waals surface area contributed by atoms with Gasteiger partial charge in [0.1, 0.15) is 5.84 Å². The van der Waals surface area contributed by atoms with Crippen LogP contribution in [0.2, 0.25) is 0 Å². The molecule has 0 saturated carbocycles. The maximum Gasteiger partial charge on any atom is 0.313 e. The Labute approximate surface area is 191 Å². The molecule has 5 heteroatoms. The van der Waals surface area contributed by atoms with Crippen LogP contribution < -0.4 is 5.73 Å². The van der Waals surface area contributed by atoms with Gasteiger partial charge in [0.15, 0.2) is 0 Å². The second-order valence-corrected chi connectivity index (χ2v) is 7.70. The number of amidine groups is 1. The van der Waals surface area contributed by atoms with Crippen LogP contribution in [0.25, 0.3) is 6.08 Å². The zero-order chi connectivity index (χ0) is 23.7. The molecule has 1 aromatic heterocycles. The number of aryl methyl sites for hydroxylation is 1. The molecule has 0 saturated heterocycles. The Hall–Kier alpha value is -3.60. The van der Waals surface area contributed by atoms with E-state index in [-0.39, 0.29) is 5.97 Å². The molecule has 1 aromatic carbocycles. The topological polar surface area (TPSA) is 80.5 Å². The molecule has 0 aliphatic carbocycles. The van der Waals surface area contributed by atoms with Gasteiger partial charge < -0.3 is 15.5 Å². The van der Waals surface area contributed by atoms with Gasteiger partial charge in [-0.05, 0) is 49.1 Å². The lowest BCUT2D eigenvalue weighted by Crippen LogP contribution is -2.21. The molecule has 168 valence electrons. The number of carbonyl (C=O) groups excluding carboxylic acids is 1. The number of nitrogens with one attached hydrogen (secondary N) is 1. The molecule has 0 aliphatic heterocycles. The fourth-order valence-corrected chi connectivity index (χ4v) is 3.48. The maximum absolute atomic E-state index is 12.7. The summed E-state index contributed by atoms with van der Waals surface area (Å²) in [5.41, 5.74) is 11.8. The van der Waals surface area contributed by atoms with Gasteiger partial charge in [0.25, 0.3) is 0 Å². The summed E-state index contributed by atoms with van der Waals surface area (Å²) in [6.07, 6.45) is 7.10. The number of carbonyl (C=O) groups is 1. The van der Waals surface area contributed by atoms with Gasteiger partial charge in [-0.1, -0.05) is 68.5 Å². The van der Waals surface area contributed by atoms with Crippen LogP contribution in [0.15, 0.2) is 89.2 Å². The first-order valence-corrected chi connectivity index (χ1v) is 10.7. The fourth-order valence-electron chi connectivity index (χ4n) is 3.48. The van der Waals surface area contributed by atoms with Crippen molar-refractivity contribution in [2.45, 2.75) is 33.6 Å². The highest BCUT2D eigenvalue weighted by molar-refractivity contribution is 5.98. The smallest absolute Gasteiger partial charge is 0.313 e. The third kappa shape index (κ3) is 6.20. The van der Waals surface area contributed by atoms with E-state index in [0.29, 0.717) is 29.1 Å². The Morgan fingerprint density at radius 1 is 1.25 bits per heavy atom. The molecule has 0 spiro atoms. The highest BCUT2D eigenvalue weighted by Gasteiger charge is 2.27. The second-order valence-electron chi connectivity index (χ2n) is 7.70. The van der Waals surface area contributed by atoms with E-state index in [2.05, 4.69) is 18.1 Å². The van der Waals surface area contributed by atoms with Crippen molar-refractivity contribution >= 4 is 17.9 Å². The Morgan fingerprint density at radius 2 is 1.94 bits per heavy atom. The van der Waals surface area contributed by atoms with Crippen LogP contribution >= 0.6 is 0 Å². The molecule has 0 aliphatic rings. The number of allylic oxidation sites excluding steroid dienone is 2. The third-order valence-corrected chi connectivity index (χ3v) is 5.18. The second kappa shape index (κ2) is 11.7. The van der Waals surface area contributed by atoms with Crippen molar-refractivity contribution in [2.24, 2.45) is 16.6 Å². The lowest BCUT2D eigenvalue weighted by molar-refractivity contribution is -0.144. The van der Waals surface area contributed by atoms with Crippen molar-refractivity contribution in [2.75, 3.05) is 7.11 Å². The minimum Gasteiger partial charge on any atom is -0.469 e. The summed E-state index contributed by atoms with van der Waals surface area (Å²) in [7, 11) is 1.39. The molecule has 1 unspecified atom stereocenters. The van der Waals surface area contributed by atoms with Crippen molar-refractivity contribution < 1.29 is 9.53 Å². The predicted molar refractivity (Wildman–Crippen MR) is 133 cm³/mol. The number of benzene rings is 1. The normalized spacial score (nSPS) is 13.6. The molecule has 1 atom stereocenters. The number of rotatable bonds is 10. The highest BCUT2D eigenvalue weighted by Crippen LogP contribution is 2.32. The standard InChI is InChI=1S/C27H33N3O2/c1-7-11-22(27(31)32-6)24(18(2)3)25(30-26(28)21-12-9-8-10-13-21)20(5)14-15-23-19(4)16-17-29-23/h8-10,12-17,22,29H,2,5,7,11H2,1,3-4,6H3,(H2,28,30)/b15-14-,25-24+. The quantitative estimate of drug-likeness (QED) is 0.219. The van der Waals surface area contributed by atoms with Gasteiger partial charge in [0, 0.05) is 17.5 Å². The van der Waals surface area contributed by atoms with Gasteiger partial charge in [0.05, 0.1) is 18.7 Å². The summed E-state index contributed by atoms with van der Waals surface area (Å²) in [6, 6.07) is 11.5. The number of hydrogen-bond acceptors (Lipinski definition) is 3. The van der Waals surface area contributed by atoms with Gasteiger partial charge >= 0.3 is 5.97 Å². The third-order valence-electron chi connectivity index (χ3n) is 5.18. The lowest BCUT2D eigenvalue weighted by Gasteiger charge is -2.21. The number of nitrogens with two attached hydrogens (primary N) is 1. The number of aliphatic imine (C=N–C) groups is 1. The Bertz CT molecular complexity index is 1060. The molecule has 2 aromatic rings. The summed E-state index contributed by atoms with van der Waals surface area (Å²) in [6.45, 7) is 14.3. The number of methoxy groups -OCH3 is 1. The van der Waals surface area contributed by atoms with Crippen LogP contribution in [0.4, 0.5) is 0 Å². The largest absolute Gasteiger partial charge is 0.469 e. The average molecular weight is 432 g/mol. The predicted octanol–water partition coefficient (Wildman–Crippen LogP) is 5.72. The first-order valence-electron chi connectivity index (χ1n) is 10.7. The molecule has 5 nitrogen and oxygen atoms in total. The van der Waals surface area contributed by atoms with E-state index in [1.807, 2.05) is 75.5 Å². The molecular weight excluding hydrogens is 398 g/mol. The first-order chi connectivity index (χ1) is 15.3. The van der Waals surface area contributed by atoms with E-state index in [4.69, 9.17) is 15.5 Å². The monoisotopic (exact) mass is 431 g/mol. The first kappa shape index (κ1) is 24.7. The van der Waals surface area contributed by atoms with E-state index in [1.165, 1.54) is 7.11 Å². The van der Waals surface area contributed by atoms with Crippen LogP contribution in [0.3, 0.4) is 0 Å².